The normalized spacial score (nSPS) is 11.7. The van der Waals surface area contributed by atoms with Crippen molar-refractivity contribution in [2.24, 2.45) is 5.73 Å². The standard InChI is InChI=1S/C11H13ClN2O2S/c1-6(11(15)16-2)14-9-4-3-7(12)5-8(9)10(13)17/h3-6,14H,1-2H3,(H2,13,17). The number of benzene rings is 1. The fourth-order valence-electron chi connectivity index (χ4n) is 1.32. The second-order valence-corrected chi connectivity index (χ2v) is 4.32. The maximum absolute atomic E-state index is 11.3. The Kier molecular flexibility index (Phi) is 4.72. The largest absolute Gasteiger partial charge is 0.467 e. The molecule has 6 heteroatoms. The zero-order chi connectivity index (χ0) is 13.0. The first kappa shape index (κ1) is 13.7. The molecule has 0 bridgehead atoms. The van der Waals surface area contributed by atoms with E-state index >= 15 is 0 Å². The molecule has 0 aliphatic rings. The first-order valence-corrected chi connectivity index (χ1v) is 5.68. The fourth-order valence-corrected chi connectivity index (χ4v) is 1.66. The summed E-state index contributed by atoms with van der Waals surface area (Å²) in [5, 5.41) is 3.50. The Morgan fingerprint density at radius 1 is 1.59 bits per heavy atom. The van der Waals surface area contributed by atoms with Crippen LogP contribution in [-0.2, 0) is 9.53 Å². The first-order valence-electron chi connectivity index (χ1n) is 4.89. The van der Waals surface area contributed by atoms with Gasteiger partial charge in [-0.25, -0.2) is 4.79 Å². The molecule has 0 saturated carbocycles. The maximum Gasteiger partial charge on any atom is 0.327 e. The van der Waals surface area contributed by atoms with Crippen LogP contribution in [0, 0.1) is 0 Å². The van der Waals surface area contributed by atoms with E-state index in [0.29, 0.717) is 16.3 Å². The number of carbonyl (C=O) groups is 1. The molecule has 0 heterocycles. The zero-order valence-electron chi connectivity index (χ0n) is 9.49. The van der Waals surface area contributed by atoms with Crippen molar-refractivity contribution in [3.63, 3.8) is 0 Å². The molecule has 1 aromatic rings. The van der Waals surface area contributed by atoms with Crippen LogP contribution in [-0.4, -0.2) is 24.1 Å². The molecule has 0 amide bonds. The van der Waals surface area contributed by atoms with Gasteiger partial charge in [0.2, 0.25) is 0 Å². The molecule has 3 N–H and O–H groups in total. The number of rotatable bonds is 4. The zero-order valence-corrected chi connectivity index (χ0v) is 11.1. The summed E-state index contributed by atoms with van der Waals surface area (Å²) in [7, 11) is 1.33. The van der Waals surface area contributed by atoms with E-state index in [-0.39, 0.29) is 11.0 Å². The predicted octanol–water partition coefficient (Wildman–Crippen LogP) is 1.95. The molecule has 0 saturated heterocycles. The van der Waals surface area contributed by atoms with Gasteiger partial charge in [-0.2, -0.15) is 0 Å². The number of ether oxygens (including phenoxy) is 1. The number of carbonyl (C=O) groups excluding carboxylic acids is 1. The van der Waals surface area contributed by atoms with E-state index in [4.69, 9.17) is 29.6 Å². The summed E-state index contributed by atoms with van der Waals surface area (Å²) in [4.78, 5) is 11.5. The van der Waals surface area contributed by atoms with Crippen LogP contribution in [0.1, 0.15) is 12.5 Å². The van der Waals surface area contributed by atoms with Crippen LogP contribution in [0.3, 0.4) is 0 Å². The van der Waals surface area contributed by atoms with Crippen LogP contribution in [0.15, 0.2) is 18.2 Å². The van der Waals surface area contributed by atoms with Gasteiger partial charge in [-0.1, -0.05) is 23.8 Å². The van der Waals surface area contributed by atoms with Crippen molar-refractivity contribution in [3.05, 3.63) is 28.8 Å². The molecule has 0 aliphatic heterocycles. The van der Waals surface area contributed by atoms with Gasteiger partial charge >= 0.3 is 5.97 Å². The summed E-state index contributed by atoms with van der Waals surface area (Å²) in [6.45, 7) is 1.68. The lowest BCUT2D eigenvalue weighted by molar-refractivity contribution is -0.141. The average Bonchev–Trinajstić information content (AvgIpc) is 2.29. The second-order valence-electron chi connectivity index (χ2n) is 3.44. The molecule has 0 radical (unpaired) electrons. The van der Waals surface area contributed by atoms with E-state index in [0.717, 1.165) is 0 Å². The highest BCUT2D eigenvalue weighted by Gasteiger charge is 2.15. The molecular formula is C11H13ClN2O2S. The lowest BCUT2D eigenvalue weighted by Gasteiger charge is -2.16. The third-order valence-electron chi connectivity index (χ3n) is 2.17. The molecule has 17 heavy (non-hydrogen) atoms. The van der Waals surface area contributed by atoms with Crippen molar-refractivity contribution in [2.45, 2.75) is 13.0 Å². The topological polar surface area (TPSA) is 64.3 Å². The Bertz CT molecular complexity index is 451. The molecule has 0 spiro atoms. The number of hydrogen-bond donors (Lipinski definition) is 2. The minimum atomic E-state index is -0.491. The Labute approximate surface area is 110 Å². The number of anilines is 1. The van der Waals surface area contributed by atoms with Gasteiger partial charge in [-0.05, 0) is 25.1 Å². The number of nitrogens with one attached hydrogen (secondary N) is 1. The van der Waals surface area contributed by atoms with Crippen LogP contribution < -0.4 is 11.1 Å². The lowest BCUT2D eigenvalue weighted by Crippen LogP contribution is -2.28. The Morgan fingerprint density at radius 2 is 2.24 bits per heavy atom. The smallest absolute Gasteiger partial charge is 0.327 e. The summed E-state index contributed by atoms with van der Waals surface area (Å²) in [6.07, 6.45) is 0. The van der Waals surface area contributed by atoms with Gasteiger partial charge in [0.05, 0.1) is 7.11 Å². The van der Waals surface area contributed by atoms with Gasteiger partial charge in [-0.3, -0.25) is 0 Å². The van der Waals surface area contributed by atoms with E-state index in [1.54, 1.807) is 25.1 Å². The Hall–Kier alpha value is -1.33. The minimum Gasteiger partial charge on any atom is -0.467 e. The highest BCUT2D eigenvalue weighted by molar-refractivity contribution is 7.80. The maximum atomic E-state index is 11.3. The van der Waals surface area contributed by atoms with Gasteiger partial charge in [0.25, 0.3) is 0 Å². The van der Waals surface area contributed by atoms with E-state index in [1.807, 2.05) is 0 Å². The molecule has 1 rings (SSSR count). The highest BCUT2D eigenvalue weighted by Crippen LogP contribution is 2.21. The molecule has 4 nitrogen and oxygen atoms in total. The second kappa shape index (κ2) is 5.84. The predicted molar refractivity (Wildman–Crippen MR) is 72.4 cm³/mol. The van der Waals surface area contributed by atoms with Crippen LogP contribution in [0.25, 0.3) is 0 Å². The van der Waals surface area contributed by atoms with Crippen molar-refractivity contribution in [2.75, 3.05) is 12.4 Å². The Balaban J connectivity index is 2.98. The number of halogens is 1. The van der Waals surface area contributed by atoms with Crippen LogP contribution in [0.2, 0.25) is 5.02 Å². The quantitative estimate of drug-likeness (QED) is 0.648. The van der Waals surface area contributed by atoms with Crippen LogP contribution >= 0.6 is 23.8 Å². The third-order valence-corrected chi connectivity index (χ3v) is 2.63. The number of methoxy groups -OCH3 is 1. The lowest BCUT2D eigenvalue weighted by atomic mass is 10.1. The average molecular weight is 273 g/mol. The van der Waals surface area contributed by atoms with Gasteiger partial charge < -0.3 is 15.8 Å². The Morgan fingerprint density at radius 3 is 2.76 bits per heavy atom. The first-order chi connectivity index (χ1) is 7.95. The van der Waals surface area contributed by atoms with Gasteiger partial charge in [0.1, 0.15) is 11.0 Å². The van der Waals surface area contributed by atoms with Gasteiger partial charge in [-0.15, -0.1) is 0 Å². The van der Waals surface area contributed by atoms with Crippen molar-refractivity contribution < 1.29 is 9.53 Å². The van der Waals surface area contributed by atoms with Crippen LogP contribution in [0.4, 0.5) is 5.69 Å². The fraction of sp³-hybridized carbons (Fsp3) is 0.273. The van der Waals surface area contributed by atoms with E-state index in [2.05, 4.69) is 10.1 Å². The summed E-state index contributed by atoms with van der Waals surface area (Å²) < 4.78 is 4.62. The van der Waals surface area contributed by atoms with E-state index in [9.17, 15) is 4.79 Å². The SMILES string of the molecule is COC(=O)C(C)Nc1ccc(Cl)cc1C(N)=S. The van der Waals surface area contributed by atoms with Crippen molar-refractivity contribution >= 4 is 40.5 Å². The summed E-state index contributed by atoms with van der Waals surface area (Å²) >= 11 is 10.8. The molecule has 92 valence electrons. The molecular weight excluding hydrogens is 260 g/mol. The number of esters is 1. The number of thiocarbonyl (C=S) groups is 1. The molecule has 0 fully saturated rings. The molecule has 1 atom stereocenters. The molecule has 0 aromatic heterocycles. The monoisotopic (exact) mass is 272 g/mol. The third kappa shape index (κ3) is 3.57. The van der Waals surface area contributed by atoms with Gasteiger partial charge in [0.15, 0.2) is 0 Å². The number of hydrogen-bond acceptors (Lipinski definition) is 4. The van der Waals surface area contributed by atoms with E-state index in [1.165, 1.54) is 7.11 Å². The molecule has 1 unspecified atom stereocenters. The van der Waals surface area contributed by atoms with Crippen LogP contribution in [0.5, 0.6) is 0 Å². The van der Waals surface area contributed by atoms with Gasteiger partial charge in [0, 0.05) is 16.3 Å². The molecule has 1 aromatic carbocycles. The van der Waals surface area contributed by atoms with E-state index < -0.39 is 6.04 Å². The number of nitrogens with two attached hydrogens (primary N) is 1. The highest BCUT2D eigenvalue weighted by atomic mass is 35.5. The summed E-state index contributed by atoms with van der Waals surface area (Å²) in [6, 6.07) is 4.57. The summed E-state index contributed by atoms with van der Waals surface area (Å²) in [5.74, 6) is -0.367. The van der Waals surface area contributed by atoms with Crippen molar-refractivity contribution in [3.8, 4) is 0 Å². The minimum absolute atomic E-state index is 0.215. The van der Waals surface area contributed by atoms with Crippen molar-refractivity contribution in [1.29, 1.82) is 0 Å². The molecule has 0 aliphatic carbocycles. The van der Waals surface area contributed by atoms with Crippen molar-refractivity contribution in [1.82, 2.24) is 0 Å². The summed E-state index contributed by atoms with van der Waals surface area (Å²) in [5.41, 5.74) is 6.84.